The topological polar surface area (TPSA) is 98.5 Å². The second kappa shape index (κ2) is 4.59. The molecule has 1 N–H and O–H groups in total. The van der Waals surface area contributed by atoms with Gasteiger partial charge in [-0.1, -0.05) is 17.3 Å². The van der Waals surface area contributed by atoms with Crippen LogP contribution < -0.4 is 10.7 Å². The van der Waals surface area contributed by atoms with Crippen molar-refractivity contribution in [3.8, 4) is 0 Å². The molecular weight excluding hydrogens is 288 g/mol. The third kappa shape index (κ3) is 1.87. The van der Waals surface area contributed by atoms with Gasteiger partial charge in [-0.3, -0.25) is 9.59 Å². The number of hydrogen-bond acceptors (Lipinski definition) is 6. The Labute approximate surface area is 122 Å². The smallest absolute Gasteiger partial charge is 0.302 e. The zero-order valence-corrected chi connectivity index (χ0v) is 11.0. The lowest BCUT2D eigenvalue weighted by molar-refractivity contribution is 0.0996. The summed E-state index contributed by atoms with van der Waals surface area (Å²) in [4.78, 5) is 24.4. The highest BCUT2D eigenvalue weighted by Crippen LogP contribution is 2.22. The van der Waals surface area contributed by atoms with Crippen molar-refractivity contribution in [2.75, 3.05) is 5.32 Å². The minimum absolute atomic E-state index is 0.00834. The summed E-state index contributed by atoms with van der Waals surface area (Å²) in [5, 5.41) is 6.69. The largest absolute Gasteiger partial charge is 0.425 e. The van der Waals surface area contributed by atoms with Gasteiger partial charge in [0.1, 0.15) is 17.2 Å². The van der Waals surface area contributed by atoms with Crippen LogP contribution in [0.3, 0.4) is 0 Å². The van der Waals surface area contributed by atoms with Gasteiger partial charge in [0.25, 0.3) is 5.91 Å². The predicted octanol–water partition coefficient (Wildman–Crippen LogP) is 2.78. The van der Waals surface area contributed by atoms with E-state index in [1.54, 1.807) is 24.3 Å². The number of furan rings is 1. The Morgan fingerprint density at radius 2 is 1.95 bits per heavy atom. The zero-order chi connectivity index (χ0) is 15.1. The molecule has 0 radical (unpaired) electrons. The molecule has 0 saturated heterocycles. The van der Waals surface area contributed by atoms with E-state index in [-0.39, 0.29) is 28.2 Å². The Morgan fingerprint density at radius 3 is 2.77 bits per heavy atom. The molecule has 0 aliphatic carbocycles. The average molecular weight is 296 g/mol. The molecule has 7 heteroatoms. The van der Waals surface area contributed by atoms with E-state index in [4.69, 9.17) is 8.83 Å². The molecule has 3 aromatic heterocycles. The Kier molecular flexibility index (Phi) is 2.59. The number of para-hydroxylation sites is 1. The van der Waals surface area contributed by atoms with Crippen molar-refractivity contribution in [3.63, 3.8) is 0 Å². The highest BCUT2D eigenvalue weighted by molar-refractivity contribution is 6.04. The number of nitrogens with zero attached hydrogens (tertiary/aromatic N) is 1. The van der Waals surface area contributed by atoms with E-state index >= 15 is 0 Å². The number of rotatable bonds is 2. The molecule has 0 spiro atoms. The van der Waals surface area contributed by atoms with Crippen LogP contribution in [0.25, 0.3) is 22.1 Å². The van der Waals surface area contributed by atoms with Crippen LogP contribution in [0.4, 0.5) is 5.82 Å². The van der Waals surface area contributed by atoms with Gasteiger partial charge in [0.2, 0.25) is 5.43 Å². The first-order valence-corrected chi connectivity index (χ1v) is 6.39. The van der Waals surface area contributed by atoms with Crippen LogP contribution in [0.2, 0.25) is 0 Å². The SMILES string of the molecule is O=C(Nc1ccon1)c1cc2c(=O)c3ccccc3oc2o1. The fourth-order valence-corrected chi connectivity index (χ4v) is 2.16. The van der Waals surface area contributed by atoms with Crippen LogP contribution in [-0.4, -0.2) is 11.1 Å². The van der Waals surface area contributed by atoms with Crippen molar-refractivity contribution in [1.82, 2.24) is 5.16 Å². The number of nitrogens with one attached hydrogen (secondary N) is 1. The molecule has 1 aromatic carbocycles. The Hall–Kier alpha value is -3.35. The first-order valence-electron chi connectivity index (χ1n) is 6.39. The molecule has 3 heterocycles. The van der Waals surface area contributed by atoms with Crippen molar-refractivity contribution >= 4 is 33.9 Å². The Bertz CT molecular complexity index is 1040. The molecule has 0 unspecified atom stereocenters. The molecule has 0 aliphatic rings. The lowest BCUT2D eigenvalue weighted by Gasteiger charge is -1.96. The molecule has 108 valence electrons. The molecule has 0 atom stereocenters. The number of amides is 1. The highest BCUT2D eigenvalue weighted by atomic mass is 16.5. The summed E-state index contributed by atoms with van der Waals surface area (Å²) in [5.74, 6) is -0.346. The lowest BCUT2D eigenvalue weighted by atomic mass is 10.2. The summed E-state index contributed by atoms with van der Waals surface area (Å²) >= 11 is 0. The van der Waals surface area contributed by atoms with Gasteiger partial charge in [0.05, 0.1) is 5.39 Å². The van der Waals surface area contributed by atoms with Crippen LogP contribution in [-0.2, 0) is 0 Å². The fraction of sp³-hybridized carbons (Fsp3) is 0. The van der Waals surface area contributed by atoms with E-state index in [1.165, 1.54) is 18.4 Å². The van der Waals surface area contributed by atoms with E-state index in [0.717, 1.165) is 0 Å². The normalized spacial score (nSPS) is 11.1. The number of carbonyl (C=O) groups is 1. The molecule has 0 aliphatic heterocycles. The monoisotopic (exact) mass is 296 g/mol. The van der Waals surface area contributed by atoms with Crippen LogP contribution in [0.15, 0.2) is 60.8 Å². The summed E-state index contributed by atoms with van der Waals surface area (Å²) in [6, 6.07) is 9.64. The molecule has 4 rings (SSSR count). The maximum atomic E-state index is 12.4. The maximum Gasteiger partial charge on any atom is 0.302 e. The summed E-state index contributed by atoms with van der Waals surface area (Å²) in [7, 11) is 0. The Balaban J connectivity index is 1.83. The predicted molar refractivity (Wildman–Crippen MR) is 76.7 cm³/mol. The third-order valence-electron chi connectivity index (χ3n) is 3.18. The van der Waals surface area contributed by atoms with E-state index < -0.39 is 5.91 Å². The first-order chi connectivity index (χ1) is 10.7. The molecule has 0 bridgehead atoms. The standard InChI is InChI=1S/C15H8N2O5/c18-13-8-3-1-2-4-10(8)21-15-9(13)7-11(22-15)14(19)16-12-5-6-20-17-12/h1-7H,(H,16,17,19). The van der Waals surface area contributed by atoms with Crippen molar-refractivity contribution in [2.24, 2.45) is 0 Å². The molecule has 22 heavy (non-hydrogen) atoms. The Morgan fingerprint density at radius 1 is 1.09 bits per heavy atom. The second-order valence-corrected chi connectivity index (χ2v) is 4.58. The molecule has 1 amide bonds. The van der Waals surface area contributed by atoms with Gasteiger partial charge in [0, 0.05) is 12.1 Å². The maximum absolute atomic E-state index is 12.4. The van der Waals surface area contributed by atoms with Crippen molar-refractivity contribution in [3.05, 3.63) is 58.6 Å². The van der Waals surface area contributed by atoms with Gasteiger partial charge < -0.3 is 18.7 Å². The van der Waals surface area contributed by atoms with Crippen LogP contribution in [0, 0.1) is 0 Å². The van der Waals surface area contributed by atoms with Gasteiger partial charge in [-0.05, 0) is 12.1 Å². The number of carbonyl (C=O) groups excluding carboxylic acids is 1. The molecule has 7 nitrogen and oxygen atoms in total. The summed E-state index contributed by atoms with van der Waals surface area (Å²) in [6.07, 6.45) is 1.33. The van der Waals surface area contributed by atoms with E-state index in [1.807, 2.05) is 0 Å². The van der Waals surface area contributed by atoms with Crippen LogP contribution in [0.1, 0.15) is 10.6 Å². The average Bonchev–Trinajstić information content (AvgIpc) is 3.17. The van der Waals surface area contributed by atoms with Crippen molar-refractivity contribution in [2.45, 2.75) is 0 Å². The van der Waals surface area contributed by atoms with Gasteiger partial charge in [-0.25, -0.2) is 0 Å². The molecule has 0 saturated carbocycles. The third-order valence-corrected chi connectivity index (χ3v) is 3.18. The molecule has 0 fully saturated rings. The lowest BCUT2D eigenvalue weighted by Crippen LogP contribution is -2.10. The van der Waals surface area contributed by atoms with Crippen LogP contribution in [0.5, 0.6) is 0 Å². The highest BCUT2D eigenvalue weighted by Gasteiger charge is 2.18. The van der Waals surface area contributed by atoms with E-state index in [0.29, 0.717) is 11.0 Å². The first kappa shape index (κ1) is 12.4. The number of benzene rings is 1. The summed E-state index contributed by atoms with van der Waals surface area (Å²) < 4.78 is 15.5. The second-order valence-electron chi connectivity index (χ2n) is 4.58. The number of fused-ring (bicyclic) bond motifs is 2. The van der Waals surface area contributed by atoms with Gasteiger partial charge in [-0.15, -0.1) is 0 Å². The number of anilines is 1. The van der Waals surface area contributed by atoms with Crippen molar-refractivity contribution in [1.29, 1.82) is 0 Å². The van der Waals surface area contributed by atoms with Gasteiger partial charge in [-0.2, -0.15) is 0 Å². The minimum atomic E-state index is -0.552. The summed E-state index contributed by atoms with van der Waals surface area (Å²) in [5.41, 5.74) is 0.152. The van der Waals surface area contributed by atoms with Crippen molar-refractivity contribution < 1.29 is 18.2 Å². The van der Waals surface area contributed by atoms with E-state index in [2.05, 4.69) is 15.0 Å². The number of aromatic nitrogens is 1. The van der Waals surface area contributed by atoms with E-state index in [9.17, 15) is 9.59 Å². The van der Waals surface area contributed by atoms with Crippen LogP contribution >= 0.6 is 0 Å². The molecule has 4 aromatic rings. The number of hydrogen-bond donors (Lipinski definition) is 1. The minimum Gasteiger partial charge on any atom is -0.425 e. The quantitative estimate of drug-likeness (QED) is 0.610. The molecular formula is C15H8N2O5. The fourth-order valence-electron chi connectivity index (χ4n) is 2.16. The summed E-state index contributed by atoms with van der Waals surface area (Å²) in [6.45, 7) is 0. The zero-order valence-electron chi connectivity index (χ0n) is 11.0. The van der Waals surface area contributed by atoms with Gasteiger partial charge >= 0.3 is 5.78 Å². The van der Waals surface area contributed by atoms with Gasteiger partial charge in [0.15, 0.2) is 11.6 Å².